The molecule has 0 aliphatic rings. The van der Waals surface area contributed by atoms with Gasteiger partial charge in [-0.25, -0.2) is 0 Å². The van der Waals surface area contributed by atoms with Gasteiger partial charge >= 0.3 is 12.7 Å². The van der Waals surface area contributed by atoms with Crippen molar-refractivity contribution in [1.29, 1.82) is 0 Å². The van der Waals surface area contributed by atoms with Gasteiger partial charge in [0.05, 0.1) is 11.4 Å². The molecule has 0 fully saturated rings. The minimum absolute atomic E-state index is 0.355. The van der Waals surface area contributed by atoms with Gasteiger partial charge in [-0.15, -0.1) is 0 Å². The molecule has 0 N–H and O–H groups in total. The first-order valence-corrected chi connectivity index (χ1v) is 4.94. The van der Waals surface area contributed by atoms with Crippen molar-refractivity contribution in [2.24, 2.45) is 0 Å². The molecule has 1 aromatic carbocycles. The molecule has 1 aromatic rings. The maximum atomic E-state index is 12.0. The molecule has 0 heterocycles. The Balaban J connectivity index is 2.95. The first kappa shape index (κ1) is 13.3. The minimum Gasteiger partial charge on any atom is -0.517 e. The Morgan fingerprint density at radius 3 is 2.53 bits per heavy atom. The first-order valence-electron chi connectivity index (χ1n) is 4.94. The molecule has 0 saturated heterocycles. The van der Waals surface area contributed by atoms with E-state index in [-0.39, 0.29) is 5.75 Å². The number of hydrogen-bond acceptors (Lipinski definition) is 3. The second-order valence-electron chi connectivity index (χ2n) is 3.43. The van der Waals surface area contributed by atoms with Crippen LogP contribution in [0.25, 0.3) is 0 Å². The van der Waals surface area contributed by atoms with Gasteiger partial charge in [0, 0.05) is 6.07 Å². The van der Waals surface area contributed by atoms with Gasteiger partial charge in [-0.05, 0) is 18.1 Å². The lowest BCUT2D eigenvalue weighted by molar-refractivity contribution is -0.385. The normalized spacial score (nSPS) is 11.3. The number of benzene rings is 1. The molecule has 0 bridgehead atoms. The minimum atomic E-state index is -5.12. The molecule has 0 spiro atoms. The molecule has 17 heavy (non-hydrogen) atoms. The van der Waals surface area contributed by atoms with Crippen LogP contribution in [0, 0.1) is 10.1 Å². The third kappa shape index (κ3) is 3.97. The van der Waals surface area contributed by atoms with Gasteiger partial charge in [-0.2, -0.15) is 0 Å². The zero-order chi connectivity index (χ0) is 13.1. The van der Waals surface area contributed by atoms with Crippen molar-refractivity contribution in [2.75, 3.05) is 6.51 Å². The van der Waals surface area contributed by atoms with E-state index in [1.165, 1.54) is 18.2 Å². The fourth-order valence-electron chi connectivity index (χ4n) is 1.23. The summed E-state index contributed by atoms with van der Waals surface area (Å²) in [5, 5.41) is 10.7. The zero-order valence-corrected chi connectivity index (χ0v) is 9.03. The Morgan fingerprint density at radius 1 is 1.41 bits per heavy atom. The Labute approximate surface area is 95.6 Å². The molecule has 0 saturated carbocycles. The van der Waals surface area contributed by atoms with Crippen molar-refractivity contribution in [3.05, 3.63) is 33.9 Å². The molecule has 0 aliphatic heterocycles. The molecule has 0 aromatic heterocycles. The average Bonchev–Trinajstić information content (AvgIpc) is 2.25. The summed E-state index contributed by atoms with van der Waals surface area (Å²) >= 11 is 0. The van der Waals surface area contributed by atoms with E-state index in [1.54, 1.807) is 6.92 Å². The Bertz CT molecular complexity index is 422. The predicted octanol–water partition coefficient (Wildman–Crippen LogP) is 2.92. The smallest absolute Gasteiger partial charge is 0.515 e. The fraction of sp³-hybridized carbons (Fsp3) is 0.333. The van der Waals surface area contributed by atoms with Crippen LogP contribution in [0.1, 0.15) is 12.5 Å². The quantitative estimate of drug-likeness (QED) is 0.457. The van der Waals surface area contributed by atoms with E-state index in [0.717, 1.165) is 0 Å². The highest BCUT2D eigenvalue weighted by molar-refractivity contribution is 6.58. The van der Waals surface area contributed by atoms with Crippen LogP contribution in [0.15, 0.2) is 18.2 Å². The summed E-state index contributed by atoms with van der Waals surface area (Å²) in [6.07, 6.45) is 0.560. The number of rotatable bonds is 5. The number of nitro groups is 1. The maximum Gasteiger partial charge on any atom is 0.515 e. The van der Waals surface area contributed by atoms with E-state index >= 15 is 0 Å². The summed E-state index contributed by atoms with van der Waals surface area (Å²) < 4.78 is 40.4. The van der Waals surface area contributed by atoms with Crippen LogP contribution in [0.3, 0.4) is 0 Å². The summed E-state index contributed by atoms with van der Waals surface area (Å²) in [4.78, 5) is 9.91. The second kappa shape index (κ2) is 5.07. The van der Waals surface area contributed by atoms with E-state index in [0.29, 0.717) is 12.0 Å². The highest BCUT2D eigenvalue weighted by Gasteiger charge is 2.26. The van der Waals surface area contributed by atoms with Gasteiger partial charge in [-0.1, -0.05) is 13.0 Å². The van der Waals surface area contributed by atoms with Gasteiger partial charge < -0.3 is 17.7 Å². The maximum absolute atomic E-state index is 12.0. The number of ether oxygens (including phenoxy) is 1. The second-order valence-corrected chi connectivity index (χ2v) is 3.43. The van der Waals surface area contributed by atoms with E-state index in [2.05, 4.69) is 4.74 Å². The van der Waals surface area contributed by atoms with Gasteiger partial charge in [0.15, 0.2) is 5.75 Å². The first-order chi connectivity index (χ1) is 7.83. The zero-order valence-electron chi connectivity index (χ0n) is 9.03. The number of hydrogen-bond donors (Lipinski definition) is 0. The summed E-state index contributed by atoms with van der Waals surface area (Å²) in [6.45, 7) is -4.81. The molecule has 0 unspecified atom stereocenters. The standard InChI is InChI=1S/C9H10BF3NO3/c1-2-7-3-4-9(8(5-7)14(15)16)17-6-10(11,12)13/h3-5H,2,6H2,1H3/q-1. The molecular formula is C9H10BF3NO3-. The highest BCUT2D eigenvalue weighted by Crippen LogP contribution is 2.29. The third-order valence-electron chi connectivity index (χ3n) is 2.06. The summed E-state index contributed by atoms with van der Waals surface area (Å²) in [5.41, 5.74) is 0.228. The highest BCUT2D eigenvalue weighted by atomic mass is 19.4. The molecule has 8 heteroatoms. The molecule has 0 radical (unpaired) electrons. The predicted molar refractivity (Wildman–Crippen MR) is 57.0 cm³/mol. The number of nitro benzene ring substituents is 1. The van der Waals surface area contributed by atoms with Gasteiger partial charge in [0.1, 0.15) is 0 Å². The lowest BCUT2D eigenvalue weighted by Gasteiger charge is -2.15. The van der Waals surface area contributed by atoms with Crippen molar-refractivity contribution in [1.82, 2.24) is 0 Å². The van der Waals surface area contributed by atoms with Crippen molar-refractivity contribution >= 4 is 12.7 Å². The van der Waals surface area contributed by atoms with Crippen molar-refractivity contribution in [3.8, 4) is 5.75 Å². The number of halogens is 3. The molecule has 0 aliphatic carbocycles. The van der Waals surface area contributed by atoms with Crippen LogP contribution in [-0.4, -0.2) is 18.4 Å². The van der Waals surface area contributed by atoms with Crippen molar-refractivity contribution in [2.45, 2.75) is 13.3 Å². The summed E-state index contributed by atoms with van der Waals surface area (Å²) in [6, 6.07) is 3.92. The van der Waals surface area contributed by atoms with Gasteiger partial charge in [0.2, 0.25) is 0 Å². The number of aryl methyl sites for hydroxylation is 1. The Hall–Kier alpha value is -1.73. The monoisotopic (exact) mass is 248 g/mol. The van der Waals surface area contributed by atoms with Crippen LogP contribution in [0.5, 0.6) is 5.75 Å². The van der Waals surface area contributed by atoms with Gasteiger partial charge in [-0.3, -0.25) is 10.1 Å². The topological polar surface area (TPSA) is 52.4 Å². The molecule has 1 rings (SSSR count). The lowest BCUT2D eigenvalue weighted by Crippen LogP contribution is -2.26. The van der Waals surface area contributed by atoms with E-state index in [4.69, 9.17) is 0 Å². The number of nitrogens with zero attached hydrogens (tertiary/aromatic N) is 1. The van der Waals surface area contributed by atoms with E-state index < -0.39 is 24.1 Å². The Kier molecular flexibility index (Phi) is 3.98. The fourth-order valence-corrected chi connectivity index (χ4v) is 1.23. The van der Waals surface area contributed by atoms with Crippen molar-refractivity contribution < 1.29 is 22.6 Å². The molecule has 0 amide bonds. The van der Waals surface area contributed by atoms with Gasteiger partial charge in [0.25, 0.3) is 0 Å². The van der Waals surface area contributed by atoms with Crippen molar-refractivity contribution in [3.63, 3.8) is 0 Å². The van der Waals surface area contributed by atoms with Crippen LogP contribution in [0.4, 0.5) is 18.6 Å². The van der Waals surface area contributed by atoms with Crippen LogP contribution >= 0.6 is 0 Å². The van der Waals surface area contributed by atoms with Crippen LogP contribution in [-0.2, 0) is 6.42 Å². The van der Waals surface area contributed by atoms with E-state index in [9.17, 15) is 23.1 Å². The van der Waals surface area contributed by atoms with E-state index in [1.807, 2.05) is 0 Å². The molecule has 4 nitrogen and oxygen atoms in total. The Morgan fingerprint density at radius 2 is 2.06 bits per heavy atom. The molecule has 94 valence electrons. The SMILES string of the molecule is CCc1ccc(OC[B-](F)(F)F)c([N+](=O)[O-])c1. The molecule has 0 atom stereocenters. The largest absolute Gasteiger partial charge is 0.517 e. The molecular weight excluding hydrogens is 238 g/mol. The summed E-state index contributed by atoms with van der Waals surface area (Å²) in [7, 11) is 0. The average molecular weight is 248 g/mol. The third-order valence-corrected chi connectivity index (χ3v) is 2.06. The van der Waals surface area contributed by atoms with Crippen LogP contribution in [0.2, 0.25) is 0 Å². The lowest BCUT2D eigenvalue weighted by atomic mass is 9.95. The van der Waals surface area contributed by atoms with Crippen LogP contribution < -0.4 is 4.74 Å². The summed E-state index contributed by atoms with van der Waals surface area (Å²) in [5.74, 6) is -0.355.